The SMILES string of the molecule is O=C(CCC1CCNCC1)c1cnnn1-c1ccccc1. The van der Waals surface area contributed by atoms with Crippen molar-refractivity contribution in [3.63, 3.8) is 0 Å². The minimum atomic E-state index is 0.127. The number of hydrogen-bond donors (Lipinski definition) is 1. The number of carbonyl (C=O) groups is 1. The van der Waals surface area contributed by atoms with Crippen molar-refractivity contribution >= 4 is 5.78 Å². The lowest BCUT2D eigenvalue weighted by molar-refractivity contribution is 0.0963. The van der Waals surface area contributed by atoms with E-state index in [4.69, 9.17) is 0 Å². The van der Waals surface area contributed by atoms with Gasteiger partial charge in [0.1, 0.15) is 5.69 Å². The van der Waals surface area contributed by atoms with E-state index in [1.54, 1.807) is 10.9 Å². The number of hydrogen-bond acceptors (Lipinski definition) is 4. The molecule has 1 aliphatic heterocycles. The summed E-state index contributed by atoms with van der Waals surface area (Å²) in [5.41, 5.74) is 1.45. The molecule has 5 nitrogen and oxygen atoms in total. The van der Waals surface area contributed by atoms with Crippen LogP contribution in [0.1, 0.15) is 36.2 Å². The van der Waals surface area contributed by atoms with Crippen molar-refractivity contribution in [2.75, 3.05) is 13.1 Å². The van der Waals surface area contributed by atoms with E-state index in [1.807, 2.05) is 30.3 Å². The van der Waals surface area contributed by atoms with Gasteiger partial charge in [0.25, 0.3) is 0 Å². The Kier molecular flexibility index (Phi) is 4.40. The highest BCUT2D eigenvalue weighted by Crippen LogP contribution is 2.19. The molecule has 0 amide bonds. The van der Waals surface area contributed by atoms with Crippen LogP contribution in [0.2, 0.25) is 0 Å². The van der Waals surface area contributed by atoms with Crippen LogP contribution in [0.5, 0.6) is 0 Å². The molecule has 5 heteroatoms. The number of carbonyl (C=O) groups excluding carboxylic acids is 1. The third kappa shape index (κ3) is 3.36. The van der Waals surface area contributed by atoms with Crippen LogP contribution in [0.25, 0.3) is 5.69 Å². The highest BCUT2D eigenvalue weighted by Gasteiger charge is 2.18. The molecule has 0 unspecified atom stereocenters. The van der Waals surface area contributed by atoms with E-state index < -0.39 is 0 Å². The number of nitrogens with zero attached hydrogens (tertiary/aromatic N) is 3. The highest BCUT2D eigenvalue weighted by molar-refractivity contribution is 5.94. The fourth-order valence-corrected chi connectivity index (χ4v) is 2.82. The number of benzene rings is 1. The summed E-state index contributed by atoms with van der Waals surface area (Å²) < 4.78 is 1.63. The lowest BCUT2D eigenvalue weighted by Gasteiger charge is -2.22. The van der Waals surface area contributed by atoms with Crippen LogP contribution in [0.4, 0.5) is 0 Å². The Hall–Kier alpha value is -2.01. The molecule has 1 fully saturated rings. The molecule has 0 saturated carbocycles. The fraction of sp³-hybridized carbons (Fsp3) is 0.438. The number of Topliss-reactive ketones (excluding diaryl/α,β-unsaturated/α-hetero) is 1. The van der Waals surface area contributed by atoms with E-state index in [1.165, 1.54) is 12.8 Å². The van der Waals surface area contributed by atoms with E-state index in [9.17, 15) is 4.79 Å². The Morgan fingerprint density at radius 1 is 1.24 bits per heavy atom. The lowest BCUT2D eigenvalue weighted by atomic mass is 9.92. The Labute approximate surface area is 124 Å². The quantitative estimate of drug-likeness (QED) is 0.855. The predicted octanol–water partition coefficient (Wildman–Crippen LogP) is 2.23. The zero-order valence-corrected chi connectivity index (χ0v) is 12.0. The topological polar surface area (TPSA) is 59.8 Å². The number of piperidine rings is 1. The molecule has 0 bridgehead atoms. The van der Waals surface area contributed by atoms with Crippen LogP contribution in [-0.2, 0) is 0 Å². The van der Waals surface area contributed by atoms with Crippen LogP contribution in [0, 0.1) is 5.92 Å². The molecular formula is C16H20N4O. The molecule has 0 spiro atoms. The maximum atomic E-state index is 12.4. The largest absolute Gasteiger partial charge is 0.317 e. The first-order valence-electron chi connectivity index (χ1n) is 7.54. The molecule has 1 saturated heterocycles. The van der Waals surface area contributed by atoms with Gasteiger partial charge >= 0.3 is 0 Å². The summed E-state index contributed by atoms with van der Waals surface area (Å²) in [6.45, 7) is 2.14. The standard InChI is InChI=1S/C16H20N4O/c21-16(7-6-13-8-10-17-11-9-13)15-12-18-19-20(15)14-4-2-1-3-5-14/h1-5,12-13,17H,6-11H2. The number of rotatable bonds is 5. The minimum Gasteiger partial charge on any atom is -0.317 e. The van der Waals surface area contributed by atoms with Crippen LogP contribution in [0.15, 0.2) is 36.5 Å². The number of ketones is 1. The molecule has 110 valence electrons. The van der Waals surface area contributed by atoms with Crippen molar-refractivity contribution in [2.45, 2.75) is 25.7 Å². The van der Waals surface area contributed by atoms with Gasteiger partial charge in [-0.1, -0.05) is 23.4 Å². The van der Waals surface area contributed by atoms with Crippen molar-refractivity contribution in [1.29, 1.82) is 0 Å². The summed E-state index contributed by atoms with van der Waals surface area (Å²) in [4.78, 5) is 12.4. The predicted molar refractivity (Wildman–Crippen MR) is 80.5 cm³/mol. The van der Waals surface area contributed by atoms with E-state index in [2.05, 4.69) is 15.6 Å². The van der Waals surface area contributed by atoms with Gasteiger partial charge in [-0.25, -0.2) is 4.68 Å². The molecule has 2 aromatic rings. The molecule has 2 heterocycles. The van der Waals surface area contributed by atoms with Gasteiger partial charge < -0.3 is 5.32 Å². The fourth-order valence-electron chi connectivity index (χ4n) is 2.82. The summed E-state index contributed by atoms with van der Waals surface area (Å²) in [6, 6.07) is 9.66. The van der Waals surface area contributed by atoms with Gasteiger partial charge in [-0.3, -0.25) is 4.79 Å². The maximum absolute atomic E-state index is 12.4. The van der Waals surface area contributed by atoms with Crippen molar-refractivity contribution in [3.8, 4) is 5.69 Å². The summed E-state index contributed by atoms with van der Waals surface area (Å²) >= 11 is 0. The normalized spacial score (nSPS) is 16.0. The molecule has 1 N–H and O–H groups in total. The molecule has 0 radical (unpaired) electrons. The molecule has 0 atom stereocenters. The summed E-state index contributed by atoms with van der Waals surface area (Å²) in [7, 11) is 0. The van der Waals surface area contributed by atoms with Gasteiger partial charge in [-0.05, 0) is 50.4 Å². The van der Waals surface area contributed by atoms with Gasteiger partial charge in [0.2, 0.25) is 0 Å². The van der Waals surface area contributed by atoms with Crippen LogP contribution >= 0.6 is 0 Å². The van der Waals surface area contributed by atoms with Crippen LogP contribution in [0.3, 0.4) is 0 Å². The highest BCUT2D eigenvalue weighted by atomic mass is 16.1. The third-order valence-corrected chi connectivity index (χ3v) is 4.07. The van der Waals surface area contributed by atoms with Crippen molar-refractivity contribution < 1.29 is 4.79 Å². The van der Waals surface area contributed by atoms with Crippen molar-refractivity contribution in [3.05, 3.63) is 42.2 Å². The monoisotopic (exact) mass is 284 g/mol. The van der Waals surface area contributed by atoms with E-state index >= 15 is 0 Å². The number of aromatic nitrogens is 3. The Balaban J connectivity index is 1.66. The molecule has 0 aliphatic carbocycles. The number of para-hydroxylation sites is 1. The third-order valence-electron chi connectivity index (χ3n) is 4.07. The van der Waals surface area contributed by atoms with Crippen molar-refractivity contribution in [1.82, 2.24) is 20.3 Å². The van der Waals surface area contributed by atoms with Gasteiger partial charge in [-0.2, -0.15) is 0 Å². The van der Waals surface area contributed by atoms with Gasteiger partial charge in [0, 0.05) is 6.42 Å². The van der Waals surface area contributed by atoms with Crippen LogP contribution < -0.4 is 5.32 Å². The summed E-state index contributed by atoms with van der Waals surface area (Å²) in [6.07, 6.45) is 5.44. The van der Waals surface area contributed by atoms with Crippen LogP contribution in [-0.4, -0.2) is 33.9 Å². The van der Waals surface area contributed by atoms with Gasteiger partial charge in [-0.15, -0.1) is 5.10 Å². The second kappa shape index (κ2) is 6.63. The minimum absolute atomic E-state index is 0.127. The zero-order valence-electron chi connectivity index (χ0n) is 12.0. The van der Waals surface area contributed by atoms with Gasteiger partial charge in [0.15, 0.2) is 5.78 Å². The van der Waals surface area contributed by atoms with E-state index in [-0.39, 0.29) is 5.78 Å². The molecule has 1 aromatic carbocycles. The number of nitrogens with one attached hydrogen (secondary N) is 1. The average molecular weight is 284 g/mol. The Morgan fingerprint density at radius 2 is 2.00 bits per heavy atom. The first-order valence-corrected chi connectivity index (χ1v) is 7.54. The van der Waals surface area contributed by atoms with E-state index in [0.29, 0.717) is 18.0 Å². The molecule has 3 rings (SSSR count). The zero-order chi connectivity index (χ0) is 14.5. The van der Waals surface area contributed by atoms with E-state index in [0.717, 1.165) is 25.2 Å². The molecular weight excluding hydrogens is 264 g/mol. The second-order valence-corrected chi connectivity index (χ2v) is 5.52. The second-order valence-electron chi connectivity index (χ2n) is 5.52. The lowest BCUT2D eigenvalue weighted by Crippen LogP contribution is -2.28. The van der Waals surface area contributed by atoms with Crippen molar-refractivity contribution in [2.24, 2.45) is 5.92 Å². The maximum Gasteiger partial charge on any atom is 0.182 e. The Morgan fingerprint density at radius 3 is 2.76 bits per heavy atom. The average Bonchev–Trinajstić information content (AvgIpc) is 3.04. The first-order chi connectivity index (χ1) is 10.3. The molecule has 1 aliphatic rings. The molecule has 21 heavy (non-hydrogen) atoms. The molecule has 1 aromatic heterocycles. The van der Waals surface area contributed by atoms with Gasteiger partial charge in [0.05, 0.1) is 11.9 Å². The smallest absolute Gasteiger partial charge is 0.182 e. The Bertz CT molecular complexity index is 587. The first kappa shape index (κ1) is 13.9. The summed E-state index contributed by atoms with van der Waals surface area (Å²) in [5.74, 6) is 0.790. The summed E-state index contributed by atoms with van der Waals surface area (Å²) in [5, 5.41) is 11.3.